The highest BCUT2D eigenvalue weighted by atomic mass is 15.1. The second-order valence-corrected chi connectivity index (χ2v) is 8.32. The van der Waals surface area contributed by atoms with E-state index in [-0.39, 0.29) is 0 Å². The Morgan fingerprint density at radius 1 is 1.20 bits per heavy atom. The second kappa shape index (κ2) is 8.38. The lowest BCUT2D eigenvalue weighted by Gasteiger charge is -2.43. The fourth-order valence-electron chi connectivity index (χ4n) is 4.02. The van der Waals surface area contributed by atoms with Crippen LogP contribution in [0.1, 0.15) is 60.3 Å². The molecule has 0 amide bonds. The number of nitrogens with zero attached hydrogens (tertiary/aromatic N) is 1. The van der Waals surface area contributed by atoms with Gasteiger partial charge >= 0.3 is 0 Å². The first-order chi connectivity index (χ1) is 9.33. The van der Waals surface area contributed by atoms with Crippen LogP contribution in [-0.4, -0.2) is 38.1 Å². The molecule has 1 N–H and O–H groups in total. The predicted octanol–water partition coefficient (Wildman–Crippen LogP) is 4.02. The molecule has 2 heteroatoms. The minimum absolute atomic E-state index is 0.510. The van der Waals surface area contributed by atoms with Crippen LogP contribution in [0.4, 0.5) is 0 Å². The van der Waals surface area contributed by atoms with Gasteiger partial charge in [0, 0.05) is 19.6 Å². The molecule has 0 bridgehead atoms. The van der Waals surface area contributed by atoms with E-state index in [4.69, 9.17) is 0 Å². The number of hydrogen-bond donors (Lipinski definition) is 1. The molecule has 0 aromatic heterocycles. The van der Waals surface area contributed by atoms with E-state index in [1.165, 1.54) is 45.3 Å². The van der Waals surface area contributed by atoms with Crippen LogP contribution in [-0.2, 0) is 0 Å². The largest absolute Gasteiger partial charge is 0.316 e. The molecule has 0 spiro atoms. The Morgan fingerprint density at radius 3 is 2.45 bits per heavy atom. The summed E-state index contributed by atoms with van der Waals surface area (Å²) in [6.07, 6.45) is 5.66. The quantitative estimate of drug-likeness (QED) is 0.723. The molecule has 0 aromatic rings. The Kier molecular flexibility index (Phi) is 7.53. The Labute approximate surface area is 127 Å². The zero-order valence-corrected chi connectivity index (χ0v) is 14.8. The summed E-state index contributed by atoms with van der Waals surface area (Å²) >= 11 is 0. The first-order valence-electron chi connectivity index (χ1n) is 8.72. The molecule has 1 aliphatic rings. The third kappa shape index (κ3) is 6.58. The average molecular weight is 283 g/mol. The van der Waals surface area contributed by atoms with Gasteiger partial charge in [-0.25, -0.2) is 0 Å². The van der Waals surface area contributed by atoms with Gasteiger partial charge in [-0.3, -0.25) is 0 Å². The monoisotopic (exact) mass is 282 g/mol. The van der Waals surface area contributed by atoms with Crippen molar-refractivity contribution in [1.29, 1.82) is 0 Å². The molecule has 0 saturated heterocycles. The van der Waals surface area contributed by atoms with E-state index in [0.717, 1.165) is 24.3 Å². The molecule has 0 aliphatic heterocycles. The highest BCUT2D eigenvalue weighted by molar-refractivity contribution is 4.89. The highest BCUT2D eigenvalue weighted by Gasteiger charge is 2.35. The molecule has 20 heavy (non-hydrogen) atoms. The predicted molar refractivity (Wildman–Crippen MR) is 90.1 cm³/mol. The van der Waals surface area contributed by atoms with Crippen LogP contribution in [0.15, 0.2) is 0 Å². The summed E-state index contributed by atoms with van der Waals surface area (Å²) in [6, 6.07) is 0. The number of nitrogens with one attached hydrogen (secondary N) is 1. The van der Waals surface area contributed by atoms with Crippen LogP contribution in [0.3, 0.4) is 0 Å². The van der Waals surface area contributed by atoms with E-state index in [1.807, 2.05) is 0 Å². The fourth-order valence-corrected chi connectivity index (χ4v) is 4.02. The Hall–Kier alpha value is -0.0800. The minimum Gasteiger partial charge on any atom is -0.316 e. The lowest BCUT2D eigenvalue weighted by Crippen LogP contribution is -2.47. The van der Waals surface area contributed by atoms with Crippen LogP contribution < -0.4 is 5.32 Å². The maximum absolute atomic E-state index is 3.75. The van der Waals surface area contributed by atoms with E-state index in [2.05, 4.69) is 51.9 Å². The highest BCUT2D eigenvalue weighted by Crippen LogP contribution is 2.39. The summed E-state index contributed by atoms with van der Waals surface area (Å²) < 4.78 is 0. The van der Waals surface area contributed by atoms with Crippen molar-refractivity contribution in [2.45, 2.75) is 60.3 Å². The van der Waals surface area contributed by atoms with Crippen molar-refractivity contribution >= 4 is 0 Å². The second-order valence-electron chi connectivity index (χ2n) is 8.32. The smallest absolute Gasteiger partial charge is 0.00473 e. The van der Waals surface area contributed by atoms with Gasteiger partial charge in [-0.2, -0.15) is 0 Å². The molecule has 2 nitrogen and oxygen atoms in total. The third-order valence-corrected chi connectivity index (χ3v) is 4.52. The molecule has 1 saturated carbocycles. The molecular weight excluding hydrogens is 244 g/mol. The van der Waals surface area contributed by atoms with Crippen molar-refractivity contribution in [3.8, 4) is 0 Å². The summed E-state index contributed by atoms with van der Waals surface area (Å²) in [6.45, 7) is 16.5. The van der Waals surface area contributed by atoms with Crippen LogP contribution in [0, 0.1) is 23.2 Å². The van der Waals surface area contributed by atoms with Crippen LogP contribution in [0.5, 0.6) is 0 Å². The van der Waals surface area contributed by atoms with E-state index in [1.54, 1.807) is 0 Å². The van der Waals surface area contributed by atoms with Crippen LogP contribution in [0.25, 0.3) is 0 Å². The summed E-state index contributed by atoms with van der Waals surface area (Å²) in [5.74, 6) is 2.42. The molecule has 2 atom stereocenters. The molecule has 1 aliphatic carbocycles. The zero-order valence-electron chi connectivity index (χ0n) is 14.8. The van der Waals surface area contributed by atoms with Gasteiger partial charge in [0.25, 0.3) is 0 Å². The maximum Gasteiger partial charge on any atom is 0.00473 e. The topological polar surface area (TPSA) is 15.3 Å². The Morgan fingerprint density at radius 2 is 1.90 bits per heavy atom. The SMILES string of the molecule is CC(C)CNCC1(CN(C)CC(C)C)CCCC(C)C1. The first-order valence-corrected chi connectivity index (χ1v) is 8.72. The molecule has 0 aromatic carbocycles. The van der Waals surface area contributed by atoms with Crippen LogP contribution in [0.2, 0.25) is 0 Å². The lowest BCUT2D eigenvalue weighted by atomic mass is 9.69. The van der Waals surface area contributed by atoms with E-state index in [9.17, 15) is 0 Å². The van der Waals surface area contributed by atoms with Gasteiger partial charge in [-0.05, 0) is 49.6 Å². The summed E-state index contributed by atoms with van der Waals surface area (Å²) in [5, 5.41) is 3.75. The van der Waals surface area contributed by atoms with Crippen molar-refractivity contribution in [3.05, 3.63) is 0 Å². The molecule has 1 rings (SSSR count). The molecule has 0 radical (unpaired) electrons. The summed E-state index contributed by atoms with van der Waals surface area (Å²) in [4.78, 5) is 2.57. The van der Waals surface area contributed by atoms with Crippen molar-refractivity contribution in [1.82, 2.24) is 10.2 Å². The molecule has 1 fully saturated rings. The van der Waals surface area contributed by atoms with Gasteiger partial charge in [0.15, 0.2) is 0 Å². The third-order valence-electron chi connectivity index (χ3n) is 4.52. The number of hydrogen-bond acceptors (Lipinski definition) is 2. The van der Waals surface area contributed by atoms with Gasteiger partial charge in [0.2, 0.25) is 0 Å². The summed E-state index contributed by atoms with van der Waals surface area (Å²) in [7, 11) is 2.31. The average Bonchev–Trinajstić information content (AvgIpc) is 2.26. The van der Waals surface area contributed by atoms with Crippen molar-refractivity contribution < 1.29 is 0 Å². The van der Waals surface area contributed by atoms with Crippen molar-refractivity contribution in [2.75, 3.05) is 33.2 Å². The maximum atomic E-state index is 3.75. The van der Waals surface area contributed by atoms with Crippen molar-refractivity contribution in [2.24, 2.45) is 23.2 Å². The van der Waals surface area contributed by atoms with Crippen LogP contribution >= 0.6 is 0 Å². The molecule has 120 valence electrons. The Balaban J connectivity index is 2.58. The Bertz CT molecular complexity index is 262. The van der Waals surface area contributed by atoms with Crippen molar-refractivity contribution in [3.63, 3.8) is 0 Å². The van der Waals surface area contributed by atoms with Gasteiger partial charge in [-0.1, -0.05) is 47.5 Å². The van der Waals surface area contributed by atoms with E-state index in [0.29, 0.717) is 5.41 Å². The number of rotatable bonds is 8. The standard InChI is InChI=1S/C18H38N2/c1-15(2)11-19-13-18(9-7-8-17(5)10-18)14-20(6)12-16(3)4/h15-17,19H,7-14H2,1-6H3. The fraction of sp³-hybridized carbons (Fsp3) is 1.00. The van der Waals surface area contributed by atoms with E-state index < -0.39 is 0 Å². The molecule has 0 heterocycles. The molecular formula is C18H38N2. The normalized spacial score (nSPS) is 27.8. The summed E-state index contributed by atoms with van der Waals surface area (Å²) in [5.41, 5.74) is 0.510. The zero-order chi connectivity index (χ0) is 15.2. The van der Waals surface area contributed by atoms with Gasteiger partial charge in [0.1, 0.15) is 0 Å². The van der Waals surface area contributed by atoms with Gasteiger partial charge in [0.05, 0.1) is 0 Å². The minimum atomic E-state index is 0.510. The van der Waals surface area contributed by atoms with Gasteiger partial charge < -0.3 is 10.2 Å². The van der Waals surface area contributed by atoms with Gasteiger partial charge in [-0.15, -0.1) is 0 Å². The van der Waals surface area contributed by atoms with E-state index >= 15 is 0 Å². The lowest BCUT2D eigenvalue weighted by molar-refractivity contribution is 0.0864. The first kappa shape index (κ1) is 18.0. The molecule has 2 unspecified atom stereocenters.